The summed E-state index contributed by atoms with van der Waals surface area (Å²) in [5, 5.41) is 10.3. The van der Waals surface area contributed by atoms with Crippen LogP contribution in [-0.2, 0) is 0 Å². The van der Waals surface area contributed by atoms with E-state index >= 15 is 0 Å². The molecular weight excluding hydrogens is 265 g/mol. The van der Waals surface area contributed by atoms with Crippen molar-refractivity contribution in [2.75, 3.05) is 0 Å². The van der Waals surface area contributed by atoms with Gasteiger partial charge in [-0.15, -0.1) is 0 Å². The van der Waals surface area contributed by atoms with E-state index in [-0.39, 0.29) is 10.8 Å². The lowest BCUT2D eigenvalue weighted by atomic mass is 10.0. The molecule has 1 heterocycles. The molecule has 0 saturated heterocycles. The minimum atomic E-state index is -0.455. The van der Waals surface area contributed by atoms with E-state index in [1.165, 1.54) is 6.07 Å². The Bertz CT molecular complexity index is 773. The molecule has 0 saturated carbocycles. The van der Waals surface area contributed by atoms with Crippen LogP contribution in [0.3, 0.4) is 0 Å². The number of hydrogen-bond acceptors (Lipinski definition) is 2. The summed E-state index contributed by atoms with van der Waals surface area (Å²) in [7, 11) is 0. The topological polar surface area (TPSA) is 33.1 Å². The number of phenolic OH excluding ortho intramolecular Hbond substituents is 1. The highest BCUT2D eigenvalue weighted by atomic mass is 35.5. The first-order chi connectivity index (χ1) is 9.15. The fraction of sp³-hybridized carbons (Fsp3) is 0. The number of pyridine rings is 1. The standard InChI is InChI=1S/C15H9ClFNO/c16-13-3-1-2-12(15(13)17)10-6-9-4-5-11(19)7-14(9)18-8-10/h1-8,19H. The largest absolute Gasteiger partial charge is 0.508 e. The van der Waals surface area contributed by atoms with Crippen molar-refractivity contribution in [3.05, 3.63) is 59.5 Å². The molecule has 3 rings (SSSR count). The molecule has 0 fully saturated rings. The molecule has 0 amide bonds. The predicted octanol–water partition coefficient (Wildman–Crippen LogP) is 4.40. The van der Waals surface area contributed by atoms with Crippen LogP contribution in [0.2, 0.25) is 5.02 Å². The predicted molar refractivity (Wildman–Crippen MR) is 73.8 cm³/mol. The molecule has 0 spiro atoms. The van der Waals surface area contributed by atoms with Gasteiger partial charge in [-0.2, -0.15) is 0 Å². The first-order valence-electron chi connectivity index (χ1n) is 5.68. The average Bonchev–Trinajstić information content (AvgIpc) is 2.41. The molecule has 0 atom stereocenters. The van der Waals surface area contributed by atoms with E-state index in [0.717, 1.165) is 5.39 Å². The van der Waals surface area contributed by atoms with Crippen LogP contribution in [0.5, 0.6) is 5.75 Å². The maximum absolute atomic E-state index is 14.0. The lowest BCUT2D eigenvalue weighted by Gasteiger charge is -2.06. The first kappa shape index (κ1) is 11.9. The quantitative estimate of drug-likeness (QED) is 0.713. The number of phenols is 1. The van der Waals surface area contributed by atoms with Gasteiger partial charge in [0.05, 0.1) is 10.5 Å². The summed E-state index contributed by atoms with van der Waals surface area (Å²) in [6.45, 7) is 0. The fourth-order valence-electron chi connectivity index (χ4n) is 1.98. The van der Waals surface area contributed by atoms with E-state index in [1.807, 2.05) is 6.07 Å². The van der Waals surface area contributed by atoms with Crippen LogP contribution in [0.25, 0.3) is 22.0 Å². The Hall–Kier alpha value is -2.13. The maximum Gasteiger partial charge on any atom is 0.149 e. The van der Waals surface area contributed by atoms with Crippen molar-refractivity contribution < 1.29 is 9.50 Å². The average molecular weight is 274 g/mol. The van der Waals surface area contributed by atoms with Crippen LogP contribution in [0.15, 0.2) is 48.7 Å². The van der Waals surface area contributed by atoms with Gasteiger partial charge in [0, 0.05) is 28.8 Å². The second-order valence-electron chi connectivity index (χ2n) is 4.20. The number of aromatic nitrogens is 1. The molecule has 94 valence electrons. The lowest BCUT2D eigenvalue weighted by molar-refractivity contribution is 0.476. The van der Waals surface area contributed by atoms with Gasteiger partial charge in [-0.25, -0.2) is 4.39 Å². The van der Waals surface area contributed by atoms with Gasteiger partial charge in [0.25, 0.3) is 0 Å². The van der Waals surface area contributed by atoms with Gasteiger partial charge < -0.3 is 5.11 Å². The van der Waals surface area contributed by atoms with E-state index in [1.54, 1.807) is 36.5 Å². The summed E-state index contributed by atoms with van der Waals surface area (Å²) in [5.74, 6) is -0.300. The highest BCUT2D eigenvalue weighted by Gasteiger charge is 2.09. The van der Waals surface area contributed by atoms with Gasteiger partial charge in [-0.3, -0.25) is 4.98 Å². The summed E-state index contributed by atoms with van der Waals surface area (Å²) in [6, 6.07) is 11.6. The van der Waals surface area contributed by atoms with Gasteiger partial charge in [-0.1, -0.05) is 23.7 Å². The van der Waals surface area contributed by atoms with Gasteiger partial charge in [0.2, 0.25) is 0 Å². The summed E-state index contributed by atoms with van der Waals surface area (Å²) < 4.78 is 14.0. The lowest BCUT2D eigenvalue weighted by Crippen LogP contribution is -1.87. The maximum atomic E-state index is 14.0. The molecule has 0 unspecified atom stereocenters. The molecule has 1 N–H and O–H groups in total. The van der Waals surface area contributed by atoms with Crippen LogP contribution >= 0.6 is 11.6 Å². The van der Waals surface area contributed by atoms with Gasteiger partial charge in [-0.05, 0) is 24.3 Å². The molecule has 0 radical (unpaired) electrons. The van der Waals surface area contributed by atoms with Crippen molar-refractivity contribution in [3.63, 3.8) is 0 Å². The van der Waals surface area contributed by atoms with Crippen molar-refractivity contribution >= 4 is 22.5 Å². The SMILES string of the molecule is Oc1ccc2cc(-c3cccc(Cl)c3F)cnc2c1. The molecule has 19 heavy (non-hydrogen) atoms. The van der Waals surface area contributed by atoms with Crippen LogP contribution < -0.4 is 0 Å². The highest BCUT2D eigenvalue weighted by molar-refractivity contribution is 6.31. The Morgan fingerprint density at radius 2 is 1.95 bits per heavy atom. The zero-order chi connectivity index (χ0) is 13.4. The Kier molecular flexibility index (Phi) is 2.84. The molecular formula is C15H9ClFNO. The van der Waals surface area contributed by atoms with Gasteiger partial charge in [0.1, 0.15) is 11.6 Å². The molecule has 4 heteroatoms. The summed E-state index contributed by atoms with van der Waals surface area (Å²) in [5.41, 5.74) is 1.72. The van der Waals surface area contributed by atoms with Crippen molar-refractivity contribution in [1.29, 1.82) is 0 Å². The van der Waals surface area contributed by atoms with Crippen molar-refractivity contribution in [2.45, 2.75) is 0 Å². The van der Waals surface area contributed by atoms with E-state index in [9.17, 15) is 9.50 Å². The van der Waals surface area contributed by atoms with Crippen LogP contribution in [0.4, 0.5) is 4.39 Å². The minimum Gasteiger partial charge on any atom is -0.508 e. The molecule has 1 aromatic heterocycles. The molecule has 2 aromatic carbocycles. The highest BCUT2D eigenvalue weighted by Crippen LogP contribution is 2.29. The van der Waals surface area contributed by atoms with Crippen LogP contribution in [0, 0.1) is 5.82 Å². The van der Waals surface area contributed by atoms with Crippen molar-refractivity contribution in [3.8, 4) is 16.9 Å². The number of aromatic hydroxyl groups is 1. The zero-order valence-corrected chi connectivity index (χ0v) is 10.5. The molecule has 0 aliphatic rings. The molecule has 0 aliphatic heterocycles. The van der Waals surface area contributed by atoms with Crippen molar-refractivity contribution in [1.82, 2.24) is 4.98 Å². The third kappa shape index (κ3) is 2.13. The number of nitrogens with zero attached hydrogens (tertiary/aromatic N) is 1. The molecule has 0 bridgehead atoms. The van der Waals surface area contributed by atoms with Crippen molar-refractivity contribution in [2.24, 2.45) is 0 Å². The first-order valence-corrected chi connectivity index (χ1v) is 6.06. The fourth-order valence-corrected chi connectivity index (χ4v) is 2.16. The van der Waals surface area contributed by atoms with Crippen LogP contribution in [0.1, 0.15) is 0 Å². The van der Waals surface area contributed by atoms with E-state index in [4.69, 9.17) is 11.6 Å². The number of benzene rings is 2. The third-order valence-corrected chi connectivity index (χ3v) is 3.22. The third-order valence-electron chi connectivity index (χ3n) is 2.93. The second kappa shape index (κ2) is 4.52. The van der Waals surface area contributed by atoms with Gasteiger partial charge in [0.15, 0.2) is 0 Å². The van der Waals surface area contributed by atoms with E-state index in [0.29, 0.717) is 16.6 Å². The number of hydrogen-bond donors (Lipinski definition) is 1. The molecule has 3 aromatic rings. The van der Waals surface area contributed by atoms with Crippen LogP contribution in [-0.4, -0.2) is 10.1 Å². The number of rotatable bonds is 1. The summed E-state index contributed by atoms with van der Waals surface area (Å²) >= 11 is 5.77. The van der Waals surface area contributed by atoms with E-state index in [2.05, 4.69) is 4.98 Å². The molecule has 0 aliphatic carbocycles. The smallest absolute Gasteiger partial charge is 0.149 e. The Labute approximate surface area is 114 Å². The minimum absolute atomic E-state index is 0.0864. The summed E-state index contributed by atoms with van der Waals surface area (Å²) in [4.78, 5) is 4.22. The van der Waals surface area contributed by atoms with Gasteiger partial charge >= 0.3 is 0 Å². The second-order valence-corrected chi connectivity index (χ2v) is 4.61. The normalized spacial score (nSPS) is 10.8. The number of halogens is 2. The number of fused-ring (bicyclic) bond motifs is 1. The van der Waals surface area contributed by atoms with E-state index < -0.39 is 5.82 Å². The molecule has 2 nitrogen and oxygen atoms in total. The monoisotopic (exact) mass is 273 g/mol. The Morgan fingerprint density at radius 3 is 2.79 bits per heavy atom. The Morgan fingerprint density at radius 1 is 1.11 bits per heavy atom. The summed E-state index contributed by atoms with van der Waals surface area (Å²) in [6.07, 6.45) is 1.57. The zero-order valence-electron chi connectivity index (χ0n) is 9.77. The Balaban J connectivity index is 2.20.